The standard InChI is InChI=1S/C32H34N4O6/c1-2-41-25-13-11-24(12-14-25)34-29(37)21-35-28-19-23(30(38)33-17-16-22-7-4-3-5-8-22)10-15-27(28)31(39)36(32(35)40)20-26-9-6-18-42-26/h3-5,7-8,10-15,19,26H,2,6,9,16-18,20-21H2,1H3,(H,33,38)(H,34,37)/t26-/m0/s1. The molecule has 1 aromatic heterocycles. The Morgan fingerprint density at radius 2 is 1.79 bits per heavy atom. The minimum atomic E-state index is -0.633. The Morgan fingerprint density at radius 1 is 1.00 bits per heavy atom. The topological polar surface area (TPSA) is 121 Å². The van der Waals surface area contributed by atoms with Crippen molar-refractivity contribution in [1.29, 1.82) is 0 Å². The fourth-order valence-corrected chi connectivity index (χ4v) is 5.08. The lowest BCUT2D eigenvalue weighted by Gasteiger charge is -2.17. The third-order valence-corrected chi connectivity index (χ3v) is 7.19. The van der Waals surface area contributed by atoms with E-state index in [9.17, 15) is 19.2 Å². The van der Waals surface area contributed by atoms with Gasteiger partial charge in [0, 0.05) is 24.4 Å². The molecule has 0 aliphatic carbocycles. The number of hydrogen-bond acceptors (Lipinski definition) is 6. The molecule has 10 nitrogen and oxygen atoms in total. The minimum Gasteiger partial charge on any atom is -0.494 e. The summed E-state index contributed by atoms with van der Waals surface area (Å²) in [5.41, 5.74) is 1.01. The Bertz CT molecular complexity index is 1670. The van der Waals surface area contributed by atoms with Crippen LogP contribution in [0, 0.1) is 0 Å². The van der Waals surface area contributed by atoms with Crippen LogP contribution in [-0.2, 0) is 29.0 Å². The monoisotopic (exact) mass is 570 g/mol. The Hall–Kier alpha value is -4.70. The number of fused-ring (bicyclic) bond motifs is 1. The molecule has 5 rings (SSSR count). The average Bonchev–Trinajstić information content (AvgIpc) is 3.52. The molecule has 42 heavy (non-hydrogen) atoms. The Kier molecular flexibility index (Phi) is 9.13. The molecular formula is C32H34N4O6. The van der Waals surface area contributed by atoms with E-state index in [-0.39, 0.29) is 41.6 Å². The van der Waals surface area contributed by atoms with Crippen molar-refractivity contribution in [3.05, 3.63) is 105 Å². The predicted molar refractivity (Wildman–Crippen MR) is 160 cm³/mol. The number of rotatable bonds is 11. The second-order valence-corrected chi connectivity index (χ2v) is 10.1. The highest BCUT2D eigenvalue weighted by molar-refractivity contribution is 5.98. The molecule has 0 saturated carbocycles. The zero-order valence-corrected chi connectivity index (χ0v) is 23.5. The smallest absolute Gasteiger partial charge is 0.332 e. The summed E-state index contributed by atoms with van der Waals surface area (Å²) in [4.78, 5) is 53.3. The molecule has 4 aromatic rings. The average molecular weight is 571 g/mol. The second-order valence-electron chi connectivity index (χ2n) is 10.1. The number of carbonyl (C=O) groups is 2. The molecule has 2 heterocycles. The molecule has 1 fully saturated rings. The maximum absolute atomic E-state index is 13.7. The zero-order valence-electron chi connectivity index (χ0n) is 23.5. The van der Waals surface area contributed by atoms with Gasteiger partial charge in [0.2, 0.25) is 5.91 Å². The molecule has 0 bridgehead atoms. The van der Waals surface area contributed by atoms with Crippen molar-refractivity contribution in [3.8, 4) is 5.75 Å². The van der Waals surface area contributed by atoms with Gasteiger partial charge in [0.1, 0.15) is 12.3 Å². The molecule has 0 radical (unpaired) electrons. The van der Waals surface area contributed by atoms with Crippen LogP contribution in [-0.4, -0.2) is 46.8 Å². The Labute approximate surface area is 242 Å². The van der Waals surface area contributed by atoms with Crippen LogP contribution < -0.4 is 26.6 Å². The van der Waals surface area contributed by atoms with E-state index in [1.54, 1.807) is 30.3 Å². The lowest BCUT2D eigenvalue weighted by Crippen LogP contribution is -2.43. The van der Waals surface area contributed by atoms with E-state index in [1.807, 2.05) is 37.3 Å². The second kappa shape index (κ2) is 13.3. The van der Waals surface area contributed by atoms with Gasteiger partial charge in [-0.05, 0) is 74.2 Å². The largest absolute Gasteiger partial charge is 0.494 e. The number of nitrogens with zero attached hydrogens (tertiary/aromatic N) is 2. The van der Waals surface area contributed by atoms with Gasteiger partial charge in [0.25, 0.3) is 11.5 Å². The number of anilines is 1. The fraction of sp³-hybridized carbons (Fsp3) is 0.312. The summed E-state index contributed by atoms with van der Waals surface area (Å²) in [5, 5.41) is 5.92. The van der Waals surface area contributed by atoms with E-state index in [2.05, 4.69) is 10.6 Å². The van der Waals surface area contributed by atoms with Gasteiger partial charge in [-0.15, -0.1) is 0 Å². The first-order valence-electron chi connectivity index (χ1n) is 14.2. The van der Waals surface area contributed by atoms with Gasteiger partial charge in [-0.3, -0.25) is 23.5 Å². The summed E-state index contributed by atoms with van der Waals surface area (Å²) in [6.45, 7) is 3.14. The first kappa shape index (κ1) is 28.8. The zero-order chi connectivity index (χ0) is 29.5. The lowest BCUT2D eigenvalue weighted by atomic mass is 10.1. The third-order valence-electron chi connectivity index (χ3n) is 7.19. The van der Waals surface area contributed by atoms with E-state index < -0.39 is 17.2 Å². The minimum absolute atomic E-state index is 0.0931. The highest BCUT2D eigenvalue weighted by atomic mass is 16.5. The van der Waals surface area contributed by atoms with Crippen molar-refractivity contribution in [2.75, 3.05) is 25.1 Å². The van der Waals surface area contributed by atoms with Crippen molar-refractivity contribution in [2.45, 2.75) is 45.4 Å². The van der Waals surface area contributed by atoms with Crippen LogP contribution in [0.2, 0.25) is 0 Å². The molecule has 2 N–H and O–H groups in total. The van der Waals surface area contributed by atoms with Gasteiger partial charge in [0.15, 0.2) is 0 Å². The van der Waals surface area contributed by atoms with Crippen LogP contribution in [0.25, 0.3) is 10.9 Å². The van der Waals surface area contributed by atoms with Crippen molar-refractivity contribution in [1.82, 2.24) is 14.5 Å². The number of benzene rings is 3. The number of nitrogens with one attached hydrogen (secondary N) is 2. The highest BCUT2D eigenvalue weighted by Gasteiger charge is 2.22. The van der Waals surface area contributed by atoms with E-state index in [0.29, 0.717) is 37.6 Å². The number of carbonyl (C=O) groups excluding carboxylic acids is 2. The Balaban J connectivity index is 1.43. The molecule has 0 unspecified atom stereocenters. The van der Waals surface area contributed by atoms with Crippen LogP contribution in [0.5, 0.6) is 5.75 Å². The van der Waals surface area contributed by atoms with Crippen LogP contribution in [0.1, 0.15) is 35.7 Å². The fourth-order valence-electron chi connectivity index (χ4n) is 5.08. The van der Waals surface area contributed by atoms with E-state index in [0.717, 1.165) is 23.0 Å². The van der Waals surface area contributed by atoms with Gasteiger partial charge < -0.3 is 20.1 Å². The third kappa shape index (κ3) is 6.77. The van der Waals surface area contributed by atoms with Crippen LogP contribution >= 0.6 is 0 Å². The summed E-state index contributed by atoms with van der Waals surface area (Å²) < 4.78 is 13.5. The number of aromatic nitrogens is 2. The normalized spacial score (nSPS) is 14.5. The molecule has 1 aliphatic rings. The molecule has 10 heteroatoms. The first-order valence-corrected chi connectivity index (χ1v) is 14.2. The van der Waals surface area contributed by atoms with Gasteiger partial charge in [-0.25, -0.2) is 4.79 Å². The van der Waals surface area contributed by atoms with Crippen LogP contribution in [0.3, 0.4) is 0 Å². The lowest BCUT2D eigenvalue weighted by molar-refractivity contribution is -0.116. The maximum Gasteiger partial charge on any atom is 0.332 e. The summed E-state index contributed by atoms with van der Waals surface area (Å²) in [6, 6.07) is 21.3. The quantitative estimate of drug-likeness (QED) is 0.285. The van der Waals surface area contributed by atoms with Crippen molar-refractivity contribution in [3.63, 3.8) is 0 Å². The Morgan fingerprint density at radius 3 is 2.50 bits per heavy atom. The van der Waals surface area contributed by atoms with Crippen molar-refractivity contribution in [2.24, 2.45) is 0 Å². The summed E-state index contributed by atoms with van der Waals surface area (Å²) in [7, 11) is 0. The van der Waals surface area contributed by atoms with Gasteiger partial charge in [0.05, 0.1) is 30.2 Å². The van der Waals surface area contributed by atoms with Gasteiger partial charge in [-0.2, -0.15) is 0 Å². The molecule has 218 valence electrons. The number of ether oxygens (including phenoxy) is 2. The predicted octanol–water partition coefficient (Wildman–Crippen LogP) is 3.35. The first-order chi connectivity index (χ1) is 20.4. The van der Waals surface area contributed by atoms with E-state index >= 15 is 0 Å². The van der Waals surface area contributed by atoms with Crippen LogP contribution in [0.15, 0.2) is 82.4 Å². The van der Waals surface area contributed by atoms with E-state index in [4.69, 9.17) is 9.47 Å². The van der Waals surface area contributed by atoms with Gasteiger partial charge in [-0.1, -0.05) is 30.3 Å². The van der Waals surface area contributed by atoms with Crippen molar-refractivity contribution >= 4 is 28.4 Å². The maximum atomic E-state index is 13.7. The molecular weight excluding hydrogens is 536 g/mol. The summed E-state index contributed by atoms with van der Waals surface area (Å²) in [5.74, 6) is -0.120. The summed E-state index contributed by atoms with van der Waals surface area (Å²) >= 11 is 0. The highest BCUT2D eigenvalue weighted by Crippen LogP contribution is 2.17. The van der Waals surface area contributed by atoms with Gasteiger partial charge >= 0.3 is 5.69 Å². The van der Waals surface area contributed by atoms with E-state index in [1.165, 1.54) is 16.7 Å². The number of amides is 2. The molecule has 1 saturated heterocycles. The SMILES string of the molecule is CCOc1ccc(NC(=O)Cn2c(=O)n(C[C@@H]3CCCO3)c(=O)c3ccc(C(=O)NCCc4ccccc4)cc32)cc1. The molecule has 3 aromatic carbocycles. The number of hydrogen-bond donors (Lipinski definition) is 2. The molecule has 1 atom stereocenters. The molecule has 2 amide bonds. The molecule has 0 spiro atoms. The van der Waals surface area contributed by atoms with Crippen molar-refractivity contribution < 1.29 is 19.1 Å². The summed E-state index contributed by atoms with van der Waals surface area (Å²) in [6.07, 6.45) is 2.00. The van der Waals surface area contributed by atoms with Crippen LogP contribution in [0.4, 0.5) is 5.69 Å². The molecule has 1 aliphatic heterocycles.